The minimum atomic E-state index is -0.742. The molecule has 2 aromatic rings. The van der Waals surface area contributed by atoms with Crippen LogP contribution < -0.4 is 5.32 Å². The smallest absolute Gasteiger partial charge is 0.224 e. The molecule has 0 amide bonds. The molecule has 1 spiro atoms. The van der Waals surface area contributed by atoms with E-state index in [1.807, 2.05) is 18.2 Å². The van der Waals surface area contributed by atoms with Crippen molar-refractivity contribution < 1.29 is 9.47 Å². The molecule has 4 rings (SSSR count). The van der Waals surface area contributed by atoms with Gasteiger partial charge < -0.3 is 14.8 Å². The van der Waals surface area contributed by atoms with Crippen LogP contribution in [0.1, 0.15) is 11.1 Å². The third-order valence-corrected chi connectivity index (χ3v) is 4.32. The lowest BCUT2D eigenvalue weighted by atomic mass is 10.0. The Balaban J connectivity index is 1.71. The maximum Gasteiger partial charge on any atom is 0.224 e. The number of ether oxygens (including phenoxy) is 2. The highest BCUT2D eigenvalue weighted by Gasteiger charge is 2.50. The first-order chi connectivity index (χ1) is 10.8. The van der Waals surface area contributed by atoms with E-state index in [1.165, 1.54) is 11.1 Å². The molecule has 1 unspecified atom stereocenters. The van der Waals surface area contributed by atoms with Gasteiger partial charge in [-0.25, -0.2) is 0 Å². The van der Waals surface area contributed by atoms with Gasteiger partial charge in [0.1, 0.15) is 0 Å². The average Bonchev–Trinajstić information content (AvgIpc) is 3.11. The largest absolute Gasteiger partial charge is 0.339 e. The Morgan fingerprint density at radius 1 is 1.09 bits per heavy atom. The molecule has 2 aromatic carbocycles. The van der Waals surface area contributed by atoms with Crippen molar-refractivity contribution >= 4 is 0 Å². The third-order valence-electron chi connectivity index (χ3n) is 4.32. The van der Waals surface area contributed by atoms with Crippen molar-refractivity contribution in [1.82, 2.24) is 5.32 Å². The Labute approximate surface area is 130 Å². The lowest BCUT2D eigenvalue weighted by Crippen LogP contribution is -2.32. The molecule has 1 aliphatic heterocycles. The van der Waals surface area contributed by atoms with E-state index >= 15 is 0 Å². The fourth-order valence-corrected chi connectivity index (χ4v) is 3.40. The number of hydrogen-bond acceptors (Lipinski definition) is 3. The van der Waals surface area contributed by atoms with E-state index in [4.69, 9.17) is 9.47 Å². The molecule has 1 saturated heterocycles. The zero-order chi connectivity index (χ0) is 15.0. The van der Waals surface area contributed by atoms with E-state index in [0.29, 0.717) is 6.61 Å². The molecular weight excluding hydrogens is 274 g/mol. The van der Waals surface area contributed by atoms with Crippen LogP contribution >= 0.6 is 0 Å². The van der Waals surface area contributed by atoms with Gasteiger partial charge in [0.25, 0.3) is 0 Å². The Morgan fingerprint density at radius 3 is 2.36 bits per heavy atom. The highest BCUT2D eigenvalue weighted by atomic mass is 16.7. The zero-order valence-electron chi connectivity index (χ0n) is 12.4. The second-order valence-corrected chi connectivity index (χ2v) is 5.71. The summed E-state index contributed by atoms with van der Waals surface area (Å²) in [7, 11) is 0. The normalized spacial score (nSPS) is 20.8. The van der Waals surface area contributed by atoms with Crippen LogP contribution in [0.25, 0.3) is 11.1 Å². The SMILES string of the molecule is C=CCNCC1COC2(O1)c1ccccc1-c1ccccc12. The van der Waals surface area contributed by atoms with Crippen LogP contribution in [0.3, 0.4) is 0 Å². The van der Waals surface area contributed by atoms with Gasteiger partial charge in [-0.1, -0.05) is 54.6 Å². The Bertz CT molecular complexity index is 665. The van der Waals surface area contributed by atoms with Crippen molar-refractivity contribution in [2.24, 2.45) is 0 Å². The van der Waals surface area contributed by atoms with Gasteiger partial charge in [0.15, 0.2) is 0 Å². The lowest BCUT2D eigenvalue weighted by molar-refractivity contribution is -0.138. The van der Waals surface area contributed by atoms with Crippen LogP contribution in [0.4, 0.5) is 0 Å². The van der Waals surface area contributed by atoms with Crippen LogP contribution in [-0.2, 0) is 15.3 Å². The molecule has 0 radical (unpaired) electrons. The fourth-order valence-electron chi connectivity index (χ4n) is 3.40. The minimum absolute atomic E-state index is 0.0409. The molecule has 0 bridgehead atoms. The summed E-state index contributed by atoms with van der Waals surface area (Å²) in [6, 6.07) is 16.7. The second kappa shape index (κ2) is 5.36. The van der Waals surface area contributed by atoms with Crippen molar-refractivity contribution in [3.8, 4) is 11.1 Å². The predicted octanol–water partition coefficient (Wildman–Crippen LogP) is 3.06. The van der Waals surface area contributed by atoms with Crippen LogP contribution in [0.2, 0.25) is 0 Å². The summed E-state index contributed by atoms with van der Waals surface area (Å²) in [5, 5.41) is 3.31. The third kappa shape index (κ3) is 1.94. The molecule has 0 saturated carbocycles. The maximum absolute atomic E-state index is 6.39. The van der Waals surface area contributed by atoms with Crippen LogP contribution in [0, 0.1) is 0 Å². The topological polar surface area (TPSA) is 30.5 Å². The van der Waals surface area contributed by atoms with E-state index in [1.54, 1.807) is 0 Å². The van der Waals surface area contributed by atoms with Gasteiger partial charge in [0.2, 0.25) is 5.79 Å². The van der Waals surface area contributed by atoms with Crippen molar-refractivity contribution in [2.45, 2.75) is 11.9 Å². The lowest BCUT2D eigenvalue weighted by Gasteiger charge is -2.25. The Kier molecular flexibility index (Phi) is 3.34. The van der Waals surface area contributed by atoms with Gasteiger partial charge in [-0.2, -0.15) is 0 Å². The van der Waals surface area contributed by atoms with Crippen molar-refractivity contribution in [1.29, 1.82) is 0 Å². The first kappa shape index (κ1) is 13.7. The van der Waals surface area contributed by atoms with Crippen molar-refractivity contribution in [3.05, 3.63) is 72.3 Å². The standard InChI is InChI=1S/C19H19NO2/c1-2-11-20-12-14-13-21-19(22-14)17-9-5-3-7-15(17)16-8-4-6-10-18(16)19/h2-10,14,20H,1,11-13H2. The van der Waals surface area contributed by atoms with Gasteiger partial charge in [0, 0.05) is 24.2 Å². The molecular formula is C19H19NO2. The molecule has 1 N–H and O–H groups in total. The van der Waals surface area contributed by atoms with Gasteiger partial charge in [-0.15, -0.1) is 6.58 Å². The Hall–Kier alpha value is -1.94. The van der Waals surface area contributed by atoms with Crippen LogP contribution in [-0.4, -0.2) is 25.8 Å². The summed E-state index contributed by atoms with van der Waals surface area (Å²) in [4.78, 5) is 0. The van der Waals surface area contributed by atoms with Crippen LogP contribution in [0.5, 0.6) is 0 Å². The fraction of sp³-hybridized carbons (Fsp3) is 0.263. The molecule has 22 heavy (non-hydrogen) atoms. The molecule has 1 aliphatic carbocycles. The van der Waals surface area contributed by atoms with Gasteiger partial charge >= 0.3 is 0 Å². The quantitative estimate of drug-likeness (QED) is 0.694. The van der Waals surface area contributed by atoms with Gasteiger partial charge in [0.05, 0.1) is 12.7 Å². The van der Waals surface area contributed by atoms with E-state index < -0.39 is 5.79 Å². The number of nitrogens with one attached hydrogen (secondary N) is 1. The van der Waals surface area contributed by atoms with E-state index in [-0.39, 0.29) is 6.10 Å². The summed E-state index contributed by atoms with van der Waals surface area (Å²) in [6.07, 6.45) is 1.89. The van der Waals surface area contributed by atoms with E-state index in [0.717, 1.165) is 24.2 Å². The van der Waals surface area contributed by atoms with Gasteiger partial charge in [-0.3, -0.25) is 0 Å². The highest BCUT2D eigenvalue weighted by Crippen LogP contribution is 2.52. The monoisotopic (exact) mass is 293 g/mol. The predicted molar refractivity (Wildman–Crippen MR) is 86.5 cm³/mol. The summed E-state index contributed by atoms with van der Waals surface area (Å²) in [5.41, 5.74) is 4.64. The average molecular weight is 293 g/mol. The van der Waals surface area contributed by atoms with Crippen molar-refractivity contribution in [3.63, 3.8) is 0 Å². The summed E-state index contributed by atoms with van der Waals surface area (Å²) < 4.78 is 12.6. The molecule has 3 nitrogen and oxygen atoms in total. The molecule has 2 aliphatic rings. The molecule has 3 heteroatoms. The highest BCUT2D eigenvalue weighted by molar-refractivity contribution is 5.79. The molecule has 1 atom stereocenters. The molecule has 1 fully saturated rings. The number of rotatable bonds is 4. The van der Waals surface area contributed by atoms with E-state index in [9.17, 15) is 0 Å². The second-order valence-electron chi connectivity index (χ2n) is 5.71. The number of benzene rings is 2. The molecule has 1 heterocycles. The number of fused-ring (bicyclic) bond motifs is 5. The molecule has 0 aromatic heterocycles. The number of hydrogen-bond donors (Lipinski definition) is 1. The summed E-state index contributed by atoms with van der Waals surface area (Å²) in [5.74, 6) is -0.742. The maximum atomic E-state index is 6.39. The first-order valence-corrected chi connectivity index (χ1v) is 7.68. The van der Waals surface area contributed by atoms with Gasteiger partial charge in [-0.05, 0) is 11.1 Å². The van der Waals surface area contributed by atoms with Crippen molar-refractivity contribution in [2.75, 3.05) is 19.7 Å². The van der Waals surface area contributed by atoms with E-state index in [2.05, 4.69) is 48.3 Å². The zero-order valence-corrected chi connectivity index (χ0v) is 12.4. The summed E-state index contributed by atoms with van der Waals surface area (Å²) >= 11 is 0. The minimum Gasteiger partial charge on any atom is -0.339 e. The van der Waals surface area contributed by atoms with Crippen LogP contribution in [0.15, 0.2) is 61.2 Å². The molecule has 112 valence electrons. The Morgan fingerprint density at radius 2 is 1.73 bits per heavy atom. The summed E-state index contributed by atoms with van der Waals surface area (Å²) in [6.45, 7) is 5.85. The first-order valence-electron chi connectivity index (χ1n) is 7.68.